The molecule has 1 rings (SSSR count). The Balaban J connectivity index is 2.40. The largest absolute Gasteiger partial charge is 0.396 e. The molecule has 2 N–H and O–H groups in total. The van der Waals surface area contributed by atoms with Crippen molar-refractivity contribution in [1.82, 2.24) is 9.88 Å². The van der Waals surface area contributed by atoms with Gasteiger partial charge in [0.1, 0.15) is 0 Å². The van der Waals surface area contributed by atoms with Gasteiger partial charge in [-0.25, -0.2) is 0 Å². The molecule has 6 heteroatoms. The van der Waals surface area contributed by atoms with Crippen molar-refractivity contribution in [2.75, 3.05) is 20.2 Å². The highest BCUT2D eigenvalue weighted by molar-refractivity contribution is 7.73. The van der Waals surface area contributed by atoms with Crippen LogP contribution in [0.3, 0.4) is 0 Å². The van der Waals surface area contributed by atoms with E-state index in [2.05, 4.69) is 4.98 Å². The number of nitrogens with zero attached hydrogens (tertiary/aromatic N) is 1. The first-order valence-electron chi connectivity index (χ1n) is 6.08. The second-order valence-corrected chi connectivity index (χ2v) is 6.11. The molecule has 0 fully saturated rings. The zero-order valence-corrected chi connectivity index (χ0v) is 12.5. The van der Waals surface area contributed by atoms with E-state index in [1.165, 1.54) is 11.3 Å². The summed E-state index contributed by atoms with van der Waals surface area (Å²) in [5.74, 6) is 0.118. The van der Waals surface area contributed by atoms with Crippen LogP contribution in [-0.2, 0) is 11.2 Å². The Morgan fingerprint density at radius 3 is 2.72 bits per heavy atom. The molecule has 0 aliphatic heterocycles. The standard InChI is InChI=1S/C12H20N2O2S2/c1-9-10(18-12(17)13-9)8-11(16)14(2)6-4-3-5-7-15/h15H,3-8H2,1-2H3,(H,13,17). The summed E-state index contributed by atoms with van der Waals surface area (Å²) in [6.07, 6.45) is 3.11. The summed E-state index contributed by atoms with van der Waals surface area (Å²) in [7, 11) is 1.82. The molecule has 1 amide bonds. The summed E-state index contributed by atoms with van der Waals surface area (Å²) in [5.41, 5.74) is 0.993. The number of carbonyl (C=O) groups excluding carboxylic acids is 1. The highest BCUT2D eigenvalue weighted by Gasteiger charge is 2.12. The van der Waals surface area contributed by atoms with Crippen molar-refractivity contribution in [2.45, 2.75) is 32.6 Å². The number of aromatic amines is 1. The zero-order chi connectivity index (χ0) is 13.5. The first kappa shape index (κ1) is 15.3. The van der Waals surface area contributed by atoms with Gasteiger partial charge in [-0.15, -0.1) is 11.3 Å². The molecule has 0 saturated carbocycles. The third kappa shape index (κ3) is 4.88. The number of carbonyl (C=O) groups is 1. The molecule has 0 atom stereocenters. The number of H-pyrrole nitrogens is 1. The van der Waals surface area contributed by atoms with Crippen molar-refractivity contribution < 1.29 is 9.90 Å². The third-order valence-electron chi connectivity index (χ3n) is 2.81. The van der Waals surface area contributed by atoms with E-state index in [4.69, 9.17) is 17.3 Å². The lowest BCUT2D eigenvalue weighted by Gasteiger charge is -2.16. The van der Waals surface area contributed by atoms with Crippen molar-refractivity contribution in [2.24, 2.45) is 0 Å². The van der Waals surface area contributed by atoms with Gasteiger partial charge in [0.25, 0.3) is 0 Å². The molecule has 18 heavy (non-hydrogen) atoms. The monoisotopic (exact) mass is 288 g/mol. The van der Waals surface area contributed by atoms with Gasteiger partial charge in [-0.1, -0.05) is 0 Å². The molecule has 1 aromatic rings. The van der Waals surface area contributed by atoms with Crippen molar-refractivity contribution in [3.05, 3.63) is 14.5 Å². The maximum Gasteiger partial charge on any atom is 0.227 e. The number of hydrogen-bond acceptors (Lipinski definition) is 4. The second kappa shape index (κ2) is 7.66. The lowest BCUT2D eigenvalue weighted by Crippen LogP contribution is -2.29. The fourth-order valence-electron chi connectivity index (χ4n) is 1.64. The van der Waals surface area contributed by atoms with Crippen LogP contribution >= 0.6 is 23.6 Å². The predicted octanol–water partition coefficient (Wildman–Crippen LogP) is 2.28. The molecule has 0 spiro atoms. The van der Waals surface area contributed by atoms with Crippen molar-refractivity contribution in [1.29, 1.82) is 0 Å². The first-order chi connectivity index (χ1) is 8.54. The quantitative estimate of drug-likeness (QED) is 0.598. The van der Waals surface area contributed by atoms with E-state index in [9.17, 15) is 4.79 Å². The fraction of sp³-hybridized carbons (Fsp3) is 0.667. The van der Waals surface area contributed by atoms with Gasteiger partial charge >= 0.3 is 0 Å². The van der Waals surface area contributed by atoms with Crippen molar-refractivity contribution in [3.8, 4) is 0 Å². The molecule has 1 heterocycles. The summed E-state index contributed by atoms with van der Waals surface area (Å²) in [6.45, 7) is 2.91. The normalized spacial score (nSPS) is 10.6. The molecule has 0 bridgehead atoms. The number of nitrogens with one attached hydrogen (secondary N) is 1. The van der Waals surface area contributed by atoms with E-state index in [1.807, 2.05) is 14.0 Å². The van der Waals surface area contributed by atoms with Gasteiger partial charge in [-0.3, -0.25) is 4.79 Å². The van der Waals surface area contributed by atoms with Gasteiger partial charge in [0, 0.05) is 30.8 Å². The van der Waals surface area contributed by atoms with Crippen LogP contribution in [0.4, 0.5) is 0 Å². The lowest BCUT2D eigenvalue weighted by molar-refractivity contribution is -0.129. The Bertz CT molecular complexity index is 440. The van der Waals surface area contributed by atoms with E-state index < -0.39 is 0 Å². The summed E-state index contributed by atoms with van der Waals surface area (Å²) in [6, 6.07) is 0. The number of amides is 1. The highest BCUT2D eigenvalue weighted by Crippen LogP contribution is 2.16. The van der Waals surface area contributed by atoms with Crippen LogP contribution < -0.4 is 0 Å². The van der Waals surface area contributed by atoms with Crippen LogP contribution in [0, 0.1) is 10.9 Å². The van der Waals surface area contributed by atoms with Gasteiger partial charge in [0.05, 0.1) is 6.42 Å². The average Bonchev–Trinajstić information content (AvgIpc) is 2.63. The van der Waals surface area contributed by atoms with E-state index in [1.54, 1.807) is 4.90 Å². The van der Waals surface area contributed by atoms with Crippen LogP contribution in [0.5, 0.6) is 0 Å². The van der Waals surface area contributed by atoms with E-state index >= 15 is 0 Å². The number of aliphatic hydroxyl groups excluding tert-OH is 1. The minimum Gasteiger partial charge on any atom is -0.396 e. The number of aliphatic hydroxyl groups is 1. The molecule has 0 saturated heterocycles. The van der Waals surface area contributed by atoms with Gasteiger partial charge in [0.15, 0.2) is 3.95 Å². The zero-order valence-electron chi connectivity index (χ0n) is 10.9. The van der Waals surface area contributed by atoms with Gasteiger partial charge in [-0.2, -0.15) is 0 Å². The summed E-state index contributed by atoms with van der Waals surface area (Å²) >= 11 is 6.52. The highest BCUT2D eigenvalue weighted by atomic mass is 32.1. The SMILES string of the molecule is Cc1[nH]c(=S)sc1CC(=O)N(C)CCCCCO. The molecule has 0 radical (unpaired) electrons. The lowest BCUT2D eigenvalue weighted by atomic mass is 10.2. The van der Waals surface area contributed by atoms with Gasteiger partial charge in [0.2, 0.25) is 5.91 Å². The van der Waals surface area contributed by atoms with E-state index in [0.29, 0.717) is 6.42 Å². The Morgan fingerprint density at radius 1 is 1.44 bits per heavy atom. The van der Waals surface area contributed by atoms with Crippen LogP contribution in [0.1, 0.15) is 29.8 Å². The average molecular weight is 288 g/mol. The van der Waals surface area contributed by atoms with Crippen molar-refractivity contribution >= 4 is 29.5 Å². The van der Waals surface area contributed by atoms with E-state index in [0.717, 1.165) is 40.3 Å². The number of thiazole rings is 1. The number of aromatic nitrogens is 1. The second-order valence-electron chi connectivity index (χ2n) is 4.34. The number of likely N-dealkylation sites (N-methyl/N-ethyl adjacent to an activating group) is 1. The van der Waals surface area contributed by atoms with E-state index in [-0.39, 0.29) is 12.5 Å². The van der Waals surface area contributed by atoms with Crippen LogP contribution in [-0.4, -0.2) is 41.1 Å². The number of rotatable bonds is 7. The fourth-order valence-corrected chi connectivity index (χ4v) is 2.92. The smallest absolute Gasteiger partial charge is 0.227 e. The Hall–Kier alpha value is -0.720. The van der Waals surface area contributed by atoms with Crippen LogP contribution in [0.25, 0.3) is 0 Å². The van der Waals surface area contributed by atoms with Gasteiger partial charge < -0.3 is 15.0 Å². The van der Waals surface area contributed by atoms with Crippen LogP contribution in [0.15, 0.2) is 0 Å². The Labute approximate surface area is 117 Å². The molecular formula is C12H20N2O2S2. The molecule has 0 aromatic carbocycles. The molecule has 0 aliphatic carbocycles. The minimum absolute atomic E-state index is 0.118. The summed E-state index contributed by atoms with van der Waals surface area (Å²) < 4.78 is 0.723. The summed E-state index contributed by atoms with van der Waals surface area (Å²) in [5, 5.41) is 8.68. The Kier molecular flexibility index (Phi) is 6.52. The summed E-state index contributed by atoms with van der Waals surface area (Å²) in [4.78, 5) is 17.8. The van der Waals surface area contributed by atoms with Crippen molar-refractivity contribution in [3.63, 3.8) is 0 Å². The maximum atomic E-state index is 12.0. The van der Waals surface area contributed by atoms with Gasteiger partial charge in [-0.05, 0) is 38.4 Å². The topological polar surface area (TPSA) is 56.3 Å². The molecule has 102 valence electrons. The number of unbranched alkanes of at least 4 members (excludes halogenated alkanes) is 2. The number of aryl methyl sites for hydroxylation is 1. The molecular weight excluding hydrogens is 268 g/mol. The molecule has 0 unspecified atom stereocenters. The minimum atomic E-state index is 0.118. The first-order valence-corrected chi connectivity index (χ1v) is 7.30. The third-order valence-corrected chi connectivity index (χ3v) is 4.15. The van der Waals surface area contributed by atoms with Crippen LogP contribution in [0.2, 0.25) is 0 Å². The number of hydrogen-bond donors (Lipinski definition) is 2. The molecule has 1 aromatic heterocycles. The molecule has 0 aliphatic rings. The Morgan fingerprint density at radius 2 is 2.17 bits per heavy atom. The predicted molar refractivity (Wildman–Crippen MR) is 76.5 cm³/mol. The molecule has 4 nitrogen and oxygen atoms in total. The maximum absolute atomic E-state index is 12.0.